The van der Waals surface area contributed by atoms with Crippen LogP contribution in [0, 0.1) is 0 Å². The molecule has 2 saturated heterocycles. The Morgan fingerprint density at radius 2 is 1.88 bits per heavy atom. The smallest absolute Gasteiger partial charge is 0.254 e. The first kappa shape index (κ1) is 24.6. The molecule has 0 aliphatic carbocycles. The second-order valence-corrected chi connectivity index (χ2v) is 9.47. The highest BCUT2D eigenvalue weighted by Gasteiger charge is 2.29. The Morgan fingerprint density at radius 3 is 2.56 bits per heavy atom. The summed E-state index contributed by atoms with van der Waals surface area (Å²) < 4.78 is 10.5. The molecular formula is C23H28ClN5O4S. The lowest BCUT2D eigenvalue weighted by Gasteiger charge is -2.40. The van der Waals surface area contributed by atoms with E-state index in [0.29, 0.717) is 67.6 Å². The van der Waals surface area contributed by atoms with E-state index in [-0.39, 0.29) is 23.6 Å². The van der Waals surface area contributed by atoms with E-state index in [1.807, 2.05) is 11.8 Å². The summed E-state index contributed by atoms with van der Waals surface area (Å²) in [7, 11) is 1.60. The van der Waals surface area contributed by atoms with Crippen LogP contribution in [0.2, 0.25) is 5.15 Å². The molecule has 4 rings (SSSR count). The van der Waals surface area contributed by atoms with E-state index < -0.39 is 0 Å². The highest BCUT2D eigenvalue weighted by atomic mass is 35.5. The van der Waals surface area contributed by atoms with Crippen LogP contribution in [0.25, 0.3) is 0 Å². The fraction of sp³-hybridized carbons (Fsp3) is 0.478. The monoisotopic (exact) mass is 505 g/mol. The molecule has 182 valence electrons. The summed E-state index contributed by atoms with van der Waals surface area (Å²) in [4.78, 5) is 40.1. The molecule has 1 aromatic carbocycles. The first-order valence-corrected chi connectivity index (χ1v) is 12.5. The van der Waals surface area contributed by atoms with Gasteiger partial charge in [0.2, 0.25) is 5.91 Å². The highest BCUT2D eigenvalue weighted by Crippen LogP contribution is 2.25. The van der Waals surface area contributed by atoms with E-state index in [1.165, 1.54) is 11.8 Å². The Hall–Kier alpha value is -2.56. The summed E-state index contributed by atoms with van der Waals surface area (Å²) in [5.41, 5.74) is 0.634. The van der Waals surface area contributed by atoms with Gasteiger partial charge in [0, 0.05) is 50.4 Å². The SMILES string of the molecule is COc1ccc(C(=O)N2CCN(c3cc(Cl)nc(SCC(=O)N4CCOCC4)n3)CC2C)cc1. The van der Waals surface area contributed by atoms with Crippen LogP contribution in [0.5, 0.6) is 5.75 Å². The maximum Gasteiger partial charge on any atom is 0.254 e. The molecule has 1 atom stereocenters. The number of amides is 2. The maximum atomic E-state index is 13.0. The number of anilines is 1. The number of ether oxygens (including phenoxy) is 2. The topological polar surface area (TPSA) is 88.1 Å². The minimum Gasteiger partial charge on any atom is -0.497 e. The Bertz CT molecular complexity index is 1020. The van der Waals surface area contributed by atoms with Crippen molar-refractivity contribution in [1.82, 2.24) is 19.8 Å². The number of benzene rings is 1. The van der Waals surface area contributed by atoms with E-state index in [2.05, 4.69) is 14.9 Å². The van der Waals surface area contributed by atoms with E-state index in [1.54, 1.807) is 42.3 Å². The largest absolute Gasteiger partial charge is 0.497 e. The van der Waals surface area contributed by atoms with Gasteiger partial charge in [0.15, 0.2) is 5.16 Å². The predicted molar refractivity (Wildman–Crippen MR) is 131 cm³/mol. The predicted octanol–water partition coefficient (Wildman–Crippen LogP) is 2.44. The van der Waals surface area contributed by atoms with Gasteiger partial charge in [-0.3, -0.25) is 9.59 Å². The number of rotatable bonds is 6. The third kappa shape index (κ3) is 5.92. The molecule has 2 aliphatic rings. The number of carbonyl (C=O) groups is 2. The molecule has 0 N–H and O–H groups in total. The zero-order valence-corrected chi connectivity index (χ0v) is 20.8. The van der Waals surface area contributed by atoms with Crippen LogP contribution in [0.1, 0.15) is 17.3 Å². The number of carbonyl (C=O) groups excluding carboxylic acids is 2. The third-order valence-corrected chi connectivity index (χ3v) is 6.92. The number of aromatic nitrogens is 2. The molecule has 0 saturated carbocycles. The lowest BCUT2D eigenvalue weighted by atomic mass is 10.1. The summed E-state index contributed by atoms with van der Waals surface area (Å²) in [6, 6.07) is 8.86. The van der Waals surface area contributed by atoms with Crippen molar-refractivity contribution in [3.63, 3.8) is 0 Å². The van der Waals surface area contributed by atoms with Gasteiger partial charge in [-0.25, -0.2) is 9.97 Å². The number of nitrogens with zero attached hydrogens (tertiary/aromatic N) is 5. The van der Waals surface area contributed by atoms with Gasteiger partial charge < -0.3 is 24.2 Å². The highest BCUT2D eigenvalue weighted by molar-refractivity contribution is 7.99. The number of hydrogen-bond acceptors (Lipinski definition) is 8. The molecule has 0 bridgehead atoms. The molecule has 2 aromatic rings. The molecule has 34 heavy (non-hydrogen) atoms. The zero-order valence-electron chi connectivity index (χ0n) is 19.3. The number of methoxy groups -OCH3 is 1. The maximum absolute atomic E-state index is 13.0. The van der Waals surface area contributed by atoms with Crippen molar-refractivity contribution in [3.8, 4) is 5.75 Å². The molecule has 11 heteroatoms. The van der Waals surface area contributed by atoms with Gasteiger partial charge in [-0.15, -0.1) is 0 Å². The summed E-state index contributed by atoms with van der Waals surface area (Å²) in [5, 5.41) is 0.796. The van der Waals surface area contributed by atoms with Crippen LogP contribution < -0.4 is 9.64 Å². The lowest BCUT2D eigenvalue weighted by molar-refractivity contribution is -0.132. The van der Waals surface area contributed by atoms with Gasteiger partial charge in [-0.2, -0.15) is 0 Å². The van der Waals surface area contributed by atoms with Crippen molar-refractivity contribution in [1.29, 1.82) is 0 Å². The molecule has 0 radical (unpaired) electrons. The van der Waals surface area contributed by atoms with Crippen molar-refractivity contribution in [2.75, 3.05) is 63.7 Å². The van der Waals surface area contributed by atoms with Crippen molar-refractivity contribution in [2.24, 2.45) is 0 Å². The fourth-order valence-corrected chi connectivity index (χ4v) is 4.99. The summed E-state index contributed by atoms with van der Waals surface area (Å²) in [6.07, 6.45) is 0. The molecule has 0 spiro atoms. The minimum atomic E-state index is -0.0175. The summed E-state index contributed by atoms with van der Waals surface area (Å²) in [5.74, 6) is 1.70. The first-order valence-electron chi connectivity index (χ1n) is 11.2. The molecular weight excluding hydrogens is 478 g/mol. The first-order chi connectivity index (χ1) is 16.4. The normalized spacial score (nSPS) is 18.7. The number of morpholine rings is 1. The molecule has 1 unspecified atom stereocenters. The lowest BCUT2D eigenvalue weighted by Crippen LogP contribution is -2.54. The Balaban J connectivity index is 1.37. The van der Waals surface area contributed by atoms with Crippen LogP contribution in [0.15, 0.2) is 35.5 Å². The molecule has 1 aromatic heterocycles. The average molecular weight is 506 g/mol. The Kier molecular flexibility index (Phi) is 8.12. The van der Waals surface area contributed by atoms with Crippen LogP contribution in [-0.2, 0) is 9.53 Å². The van der Waals surface area contributed by atoms with Gasteiger partial charge in [0.25, 0.3) is 5.91 Å². The molecule has 2 fully saturated rings. The van der Waals surface area contributed by atoms with E-state index in [4.69, 9.17) is 21.1 Å². The number of piperazine rings is 1. The van der Waals surface area contributed by atoms with Gasteiger partial charge >= 0.3 is 0 Å². The van der Waals surface area contributed by atoms with Gasteiger partial charge in [-0.1, -0.05) is 23.4 Å². The van der Waals surface area contributed by atoms with Gasteiger partial charge in [0.05, 0.1) is 26.1 Å². The van der Waals surface area contributed by atoms with Crippen LogP contribution in [0.3, 0.4) is 0 Å². The van der Waals surface area contributed by atoms with E-state index in [0.717, 1.165) is 5.75 Å². The third-order valence-electron chi connectivity index (χ3n) is 5.90. The number of hydrogen-bond donors (Lipinski definition) is 0. The number of halogens is 1. The Labute approximate surface area is 208 Å². The minimum absolute atomic E-state index is 0.00612. The summed E-state index contributed by atoms with van der Waals surface area (Å²) in [6.45, 7) is 6.18. The molecule has 3 heterocycles. The van der Waals surface area contributed by atoms with E-state index in [9.17, 15) is 9.59 Å². The fourth-order valence-electron chi connectivity index (χ4n) is 4.01. The second kappa shape index (κ2) is 11.2. The quantitative estimate of drug-likeness (QED) is 0.336. The van der Waals surface area contributed by atoms with Crippen molar-refractivity contribution >= 4 is 41.0 Å². The average Bonchev–Trinajstić information content (AvgIpc) is 2.87. The van der Waals surface area contributed by atoms with Crippen molar-refractivity contribution in [2.45, 2.75) is 18.1 Å². The molecule has 9 nitrogen and oxygen atoms in total. The van der Waals surface area contributed by atoms with Crippen molar-refractivity contribution in [3.05, 3.63) is 41.0 Å². The van der Waals surface area contributed by atoms with Gasteiger partial charge in [0.1, 0.15) is 16.7 Å². The standard InChI is InChI=1S/C23H28ClN5O4S/c1-16-14-28(7-8-29(16)22(31)17-3-5-18(32-2)6-4-17)20-13-19(24)25-23(26-20)34-15-21(30)27-9-11-33-12-10-27/h3-6,13,16H,7-12,14-15H2,1-2H3. The van der Waals surface area contributed by atoms with Crippen molar-refractivity contribution < 1.29 is 19.1 Å². The Morgan fingerprint density at radius 1 is 1.15 bits per heavy atom. The number of thioether (sulfide) groups is 1. The van der Waals surface area contributed by atoms with Crippen LogP contribution >= 0.6 is 23.4 Å². The van der Waals surface area contributed by atoms with Gasteiger partial charge in [-0.05, 0) is 31.2 Å². The van der Waals surface area contributed by atoms with E-state index >= 15 is 0 Å². The molecule has 2 aliphatic heterocycles. The van der Waals surface area contributed by atoms with Crippen LogP contribution in [-0.4, -0.2) is 96.4 Å². The second-order valence-electron chi connectivity index (χ2n) is 8.14. The zero-order chi connectivity index (χ0) is 24.1. The summed E-state index contributed by atoms with van der Waals surface area (Å²) >= 11 is 7.56. The van der Waals surface area contributed by atoms with Crippen LogP contribution in [0.4, 0.5) is 5.82 Å². The molecule has 2 amide bonds.